The Hall–Kier alpha value is -0.180. The molecular formula is C10H18O2S. The fraction of sp³-hybridized carbons (Fsp3) is 0.900. The second-order valence-electron chi connectivity index (χ2n) is 3.87. The Bertz CT molecular complexity index is 176. The number of hydrogen-bond donors (Lipinski definition) is 1. The Morgan fingerprint density at radius 3 is 2.38 bits per heavy atom. The molecule has 2 atom stereocenters. The lowest BCUT2D eigenvalue weighted by Gasteiger charge is -2.19. The van der Waals surface area contributed by atoms with Crippen LogP contribution in [-0.2, 0) is 4.79 Å². The summed E-state index contributed by atoms with van der Waals surface area (Å²) in [5.41, 5.74) is 0. The monoisotopic (exact) mass is 202 g/mol. The Morgan fingerprint density at radius 1 is 1.38 bits per heavy atom. The van der Waals surface area contributed by atoms with Crippen LogP contribution >= 0.6 is 11.8 Å². The molecule has 1 N–H and O–H groups in total. The van der Waals surface area contributed by atoms with E-state index >= 15 is 0 Å². The average Bonchev–Trinajstić information content (AvgIpc) is 2.55. The molecule has 76 valence electrons. The summed E-state index contributed by atoms with van der Waals surface area (Å²) >= 11 is 1.86. The van der Waals surface area contributed by atoms with Crippen LogP contribution in [0.25, 0.3) is 0 Å². The van der Waals surface area contributed by atoms with Gasteiger partial charge in [-0.15, -0.1) is 0 Å². The van der Waals surface area contributed by atoms with Crippen molar-refractivity contribution in [2.24, 2.45) is 5.92 Å². The summed E-state index contributed by atoms with van der Waals surface area (Å²) in [5.74, 6) is -0.886. The largest absolute Gasteiger partial charge is 0.481 e. The molecule has 1 aliphatic rings. The van der Waals surface area contributed by atoms with Gasteiger partial charge in [0.05, 0.1) is 5.92 Å². The molecule has 0 saturated heterocycles. The van der Waals surface area contributed by atoms with Gasteiger partial charge in [0.2, 0.25) is 0 Å². The number of carboxylic acid groups (broad SMARTS) is 1. The van der Waals surface area contributed by atoms with Crippen molar-refractivity contribution in [1.29, 1.82) is 0 Å². The average molecular weight is 202 g/mol. The SMILES string of the molecule is CC(SC1CCCC1)C(C)C(=O)O. The molecule has 1 rings (SSSR count). The van der Waals surface area contributed by atoms with Crippen molar-refractivity contribution in [2.75, 3.05) is 0 Å². The first kappa shape index (κ1) is 10.9. The second kappa shape index (κ2) is 4.89. The predicted octanol–water partition coefficient (Wildman–Crippen LogP) is 2.77. The van der Waals surface area contributed by atoms with E-state index in [1.807, 2.05) is 18.7 Å². The van der Waals surface area contributed by atoms with Crippen molar-refractivity contribution in [3.63, 3.8) is 0 Å². The standard InChI is InChI=1S/C10H18O2S/c1-7(10(11)12)8(2)13-9-5-3-4-6-9/h7-9H,3-6H2,1-2H3,(H,11,12). The fourth-order valence-electron chi connectivity index (χ4n) is 1.65. The lowest BCUT2D eigenvalue weighted by molar-refractivity contribution is -0.140. The van der Waals surface area contributed by atoms with Gasteiger partial charge in [-0.3, -0.25) is 4.79 Å². The maximum Gasteiger partial charge on any atom is 0.307 e. The maximum absolute atomic E-state index is 10.7. The zero-order chi connectivity index (χ0) is 9.84. The van der Waals surface area contributed by atoms with Gasteiger partial charge in [0.1, 0.15) is 0 Å². The molecule has 0 amide bonds. The van der Waals surface area contributed by atoms with Crippen LogP contribution < -0.4 is 0 Å². The van der Waals surface area contributed by atoms with Gasteiger partial charge in [0, 0.05) is 10.5 Å². The Kier molecular flexibility index (Phi) is 4.10. The van der Waals surface area contributed by atoms with Crippen molar-refractivity contribution >= 4 is 17.7 Å². The first-order chi connectivity index (χ1) is 6.11. The van der Waals surface area contributed by atoms with Crippen LogP contribution in [0.3, 0.4) is 0 Å². The molecule has 2 nitrogen and oxygen atoms in total. The van der Waals surface area contributed by atoms with Crippen molar-refractivity contribution in [3.05, 3.63) is 0 Å². The van der Waals surface area contributed by atoms with Crippen LogP contribution in [0.2, 0.25) is 0 Å². The van der Waals surface area contributed by atoms with Gasteiger partial charge in [0.15, 0.2) is 0 Å². The van der Waals surface area contributed by atoms with Gasteiger partial charge in [-0.25, -0.2) is 0 Å². The van der Waals surface area contributed by atoms with Crippen LogP contribution in [0.4, 0.5) is 0 Å². The van der Waals surface area contributed by atoms with Crippen LogP contribution in [0, 0.1) is 5.92 Å². The van der Waals surface area contributed by atoms with Crippen molar-refractivity contribution in [2.45, 2.75) is 50.0 Å². The fourth-order valence-corrected chi connectivity index (χ4v) is 3.21. The minimum atomic E-state index is -0.669. The molecule has 0 aliphatic heterocycles. The quantitative estimate of drug-likeness (QED) is 0.761. The van der Waals surface area contributed by atoms with Gasteiger partial charge in [0.25, 0.3) is 0 Å². The molecule has 0 bridgehead atoms. The first-order valence-corrected chi connectivity index (χ1v) is 5.94. The molecule has 1 saturated carbocycles. The van der Waals surface area contributed by atoms with E-state index in [-0.39, 0.29) is 11.2 Å². The highest BCUT2D eigenvalue weighted by Gasteiger charge is 2.24. The van der Waals surface area contributed by atoms with E-state index in [2.05, 4.69) is 0 Å². The predicted molar refractivity (Wildman–Crippen MR) is 56.1 cm³/mol. The topological polar surface area (TPSA) is 37.3 Å². The van der Waals surface area contributed by atoms with E-state index in [0.717, 1.165) is 5.25 Å². The molecule has 0 aromatic heterocycles. The Morgan fingerprint density at radius 2 is 1.92 bits per heavy atom. The number of carbonyl (C=O) groups is 1. The Balaban J connectivity index is 2.30. The van der Waals surface area contributed by atoms with E-state index in [9.17, 15) is 4.79 Å². The van der Waals surface area contributed by atoms with E-state index in [0.29, 0.717) is 0 Å². The molecule has 0 spiro atoms. The highest BCUT2D eigenvalue weighted by atomic mass is 32.2. The van der Waals surface area contributed by atoms with Crippen LogP contribution in [0.5, 0.6) is 0 Å². The number of rotatable bonds is 4. The highest BCUT2D eigenvalue weighted by molar-refractivity contribution is 8.00. The molecule has 1 fully saturated rings. The van der Waals surface area contributed by atoms with E-state index < -0.39 is 5.97 Å². The van der Waals surface area contributed by atoms with E-state index in [1.165, 1.54) is 25.7 Å². The van der Waals surface area contributed by atoms with E-state index in [1.54, 1.807) is 6.92 Å². The smallest absolute Gasteiger partial charge is 0.307 e. The molecule has 2 unspecified atom stereocenters. The van der Waals surface area contributed by atoms with Gasteiger partial charge >= 0.3 is 5.97 Å². The summed E-state index contributed by atoms with van der Waals surface area (Å²) in [7, 11) is 0. The summed E-state index contributed by atoms with van der Waals surface area (Å²) in [6, 6.07) is 0. The highest BCUT2D eigenvalue weighted by Crippen LogP contribution is 2.34. The minimum Gasteiger partial charge on any atom is -0.481 e. The molecule has 3 heteroatoms. The first-order valence-electron chi connectivity index (χ1n) is 4.99. The summed E-state index contributed by atoms with van der Waals surface area (Å²) < 4.78 is 0. The normalized spacial score (nSPS) is 22.9. The third-order valence-corrected chi connectivity index (χ3v) is 4.50. The van der Waals surface area contributed by atoms with E-state index in [4.69, 9.17) is 5.11 Å². The number of aliphatic carboxylic acids is 1. The summed E-state index contributed by atoms with van der Waals surface area (Å²) in [5, 5.41) is 9.78. The van der Waals surface area contributed by atoms with Crippen LogP contribution in [-0.4, -0.2) is 21.6 Å². The minimum absolute atomic E-state index is 0.217. The van der Waals surface area contributed by atoms with Crippen molar-refractivity contribution < 1.29 is 9.90 Å². The molecule has 0 heterocycles. The van der Waals surface area contributed by atoms with Gasteiger partial charge in [-0.2, -0.15) is 11.8 Å². The van der Waals surface area contributed by atoms with Crippen molar-refractivity contribution in [3.8, 4) is 0 Å². The number of hydrogen-bond acceptors (Lipinski definition) is 2. The van der Waals surface area contributed by atoms with Gasteiger partial charge < -0.3 is 5.11 Å². The lowest BCUT2D eigenvalue weighted by Crippen LogP contribution is -2.21. The van der Waals surface area contributed by atoms with Crippen molar-refractivity contribution in [1.82, 2.24) is 0 Å². The molecular weight excluding hydrogens is 184 g/mol. The summed E-state index contributed by atoms with van der Waals surface area (Å²) in [6.45, 7) is 3.83. The zero-order valence-corrected chi connectivity index (χ0v) is 9.14. The molecule has 0 aromatic carbocycles. The molecule has 0 aromatic rings. The lowest BCUT2D eigenvalue weighted by atomic mass is 10.1. The van der Waals surface area contributed by atoms with Crippen LogP contribution in [0.15, 0.2) is 0 Å². The third kappa shape index (κ3) is 3.22. The molecule has 13 heavy (non-hydrogen) atoms. The zero-order valence-electron chi connectivity index (χ0n) is 8.32. The van der Waals surface area contributed by atoms with Gasteiger partial charge in [-0.1, -0.05) is 26.7 Å². The summed E-state index contributed by atoms with van der Waals surface area (Å²) in [4.78, 5) is 10.7. The Labute approximate surface area is 84.1 Å². The second-order valence-corrected chi connectivity index (χ2v) is 5.56. The molecule has 1 aliphatic carbocycles. The summed E-state index contributed by atoms with van der Waals surface area (Å²) in [6.07, 6.45) is 5.21. The number of carboxylic acids is 1. The molecule has 0 radical (unpaired) electrons. The third-order valence-electron chi connectivity index (χ3n) is 2.80. The van der Waals surface area contributed by atoms with Crippen LogP contribution in [0.1, 0.15) is 39.5 Å². The maximum atomic E-state index is 10.7. The van der Waals surface area contributed by atoms with Gasteiger partial charge in [-0.05, 0) is 12.8 Å². The number of thioether (sulfide) groups is 1.